The van der Waals surface area contributed by atoms with Crippen LogP contribution in [0.15, 0.2) is 53.4 Å². The van der Waals surface area contributed by atoms with E-state index in [0.717, 1.165) is 29.7 Å². The lowest BCUT2D eigenvalue weighted by atomic mass is 10.1. The molecule has 0 heterocycles. The van der Waals surface area contributed by atoms with Crippen LogP contribution in [0.3, 0.4) is 0 Å². The van der Waals surface area contributed by atoms with Gasteiger partial charge in [0.05, 0.1) is 16.5 Å². The van der Waals surface area contributed by atoms with Gasteiger partial charge in [0.1, 0.15) is 0 Å². The van der Waals surface area contributed by atoms with Crippen molar-refractivity contribution in [2.24, 2.45) is 0 Å². The van der Waals surface area contributed by atoms with E-state index in [4.69, 9.17) is 0 Å². The Morgan fingerprint density at radius 3 is 2.27 bits per heavy atom. The molecule has 2 aromatic carbocycles. The van der Waals surface area contributed by atoms with Gasteiger partial charge in [-0.15, -0.1) is 0 Å². The summed E-state index contributed by atoms with van der Waals surface area (Å²) in [6, 6.07) is 11.4. The van der Waals surface area contributed by atoms with Gasteiger partial charge in [0.25, 0.3) is 0 Å². The second-order valence-electron chi connectivity index (χ2n) is 6.81. The van der Waals surface area contributed by atoms with Gasteiger partial charge in [0.2, 0.25) is 10.0 Å². The lowest BCUT2D eigenvalue weighted by molar-refractivity contribution is -0.139. The number of nitrogens with zero attached hydrogens (tertiary/aromatic N) is 1. The molecule has 2 aliphatic carbocycles. The SMILES string of the molecule is O=S(=O)(c1ccccc1C(F)(F)F)N(C1CC1)C1CCc2ccccc21. The summed E-state index contributed by atoms with van der Waals surface area (Å²) in [5.74, 6) is 0. The Balaban J connectivity index is 1.82. The van der Waals surface area contributed by atoms with Crippen LogP contribution in [0.25, 0.3) is 0 Å². The number of rotatable bonds is 4. The van der Waals surface area contributed by atoms with Crippen LogP contribution in [-0.4, -0.2) is 18.8 Å². The van der Waals surface area contributed by atoms with Crippen molar-refractivity contribution in [3.05, 3.63) is 65.2 Å². The Labute approximate surface area is 150 Å². The molecule has 0 aromatic heterocycles. The highest BCUT2D eigenvalue weighted by molar-refractivity contribution is 7.89. The maximum atomic E-state index is 13.4. The van der Waals surface area contributed by atoms with Crippen molar-refractivity contribution in [1.29, 1.82) is 0 Å². The summed E-state index contributed by atoms with van der Waals surface area (Å²) in [6.45, 7) is 0. The minimum absolute atomic E-state index is 0.225. The number of halogens is 3. The summed E-state index contributed by atoms with van der Waals surface area (Å²) in [5, 5.41) is 0. The molecule has 3 nitrogen and oxygen atoms in total. The molecule has 0 saturated heterocycles. The largest absolute Gasteiger partial charge is 0.417 e. The Morgan fingerprint density at radius 2 is 1.58 bits per heavy atom. The van der Waals surface area contributed by atoms with Crippen LogP contribution in [0.1, 0.15) is 42.0 Å². The van der Waals surface area contributed by atoms with Gasteiger partial charge in [-0.05, 0) is 48.9 Å². The fourth-order valence-electron chi connectivity index (χ4n) is 3.79. The summed E-state index contributed by atoms with van der Waals surface area (Å²) >= 11 is 0. The van der Waals surface area contributed by atoms with Gasteiger partial charge in [0.15, 0.2) is 0 Å². The van der Waals surface area contributed by atoms with Crippen LogP contribution in [0.2, 0.25) is 0 Å². The van der Waals surface area contributed by atoms with E-state index in [0.29, 0.717) is 19.3 Å². The molecule has 2 aromatic rings. The minimum Gasteiger partial charge on any atom is -0.207 e. The highest BCUT2D eigenvalue weighted by Crippen LogP contribution is 2.46. The molecule has 26 heavy (non-hydrogen) atoms. The van der Waals surface area contributed by atoms with Gasteiger partial charge < -0.3 is 0 Å². The second kappa shape index (κ2) is 6.09. The van der Waals surface area contributed by atoms with E-state index in [1.807, 2.05) is 24.3 Å². The quantitative estimate of drug-likeness (QED) is 0.779. The van der Waals surface area contributed by atoms with Crippen LogP contribution >= 0.6 is 0 Å². The van der Waals surface area contributed by atoms with Crippen LogP contribution < -0.4 is 0 Å². The monoisotopic (exact) mass is 381 g/mol. The first-order valence-corrected chi connectivity index (χ1v) is 10.0. The molecule has 0 radical (unpaired) electrons. The number of alkyl halides is 3. The Kier molecular flexibility index (Phi) is 4.11. The molecule has 0 bridgehead atoms. The smallest absolute Gasteiger partial charge is 0.207 e. The molecular weight excluding hydrogens is 363 g/mol. The van der Waals surface area contributed by atoms with Crippen molar-refractivity contribution in [2.75, 3.05) is 0 Å². The highest BCUT2D eigenvalue weighted by Gasteiger charge is 2.47. The molecule has 0 aliphatic heterocycles. The van der Waals surface area contributed by atoms with Gasteiger partial charge in [-0.2, -0.15) is 17.5 Å². The zero-order valence-electron chi connectivity index (χ0n) is 13.9. The van der Waals surface area contributed by atoms with Crippen LogP contribution in [0, 0.1) is 0 Å². The summed E-state index contributed by atoms with van der Waals surface area (Å²) in [6.07, 6.45) is -2.01. The third kappa shape index (κ3) is 2.93. The Morgan fingerprint density at radius 1 is 0.923 bits per heavy atom. The standard InChI is InChI=1S/C19H18F3NO2S/c20-19(21,22)16-7-3-4-8-18(16)26(24,25)23(14-10-11-14)17-12-9-13-5-1-2-6-15(13)17/h1-8,14,17H,9-12H2. The predicted molar refractivity (Wildman–Crippen MR) is 91.0 cm³/mol. The van der Waals surface area contributed by atoms with E-state index < -0.39 is 32.7 Å². The lowest BCUT2D eigenvalue weighted by Crippen LogP contribution is -2.37. The van der Waals surface area contributed by atoms with Gasteiger partial charge in [-0.3, -0.25) is 0 Å². The maximum Gasteiger partial charge on any atom is 0.417 e. The summed E-state index contributed by atoms with van der Waals surface area (Å²) in [4.78, 5) is -0.649. The lowest BCUT2D eigenvalue weighted by Gasteiger charge is -2.30. The Bertz CT molecular complexity index is 936. The van der Waals surface area contributed by atoms with E-state index in [9.17, 15) is 21.6 Å². The molecule has 0 spiro atoms. The van der Waals surface area contributed by atoms with Crippen molar-refractivity contribution in [1.82, 2.24) is 4.31 Å². The van der Waals surface area contributed by atoms with Gasteiger partial charge >= 0.3 is 6.18 Å². The summed E-state index contributed by atoms with van der Waals surface area (Å²) < 4.78 is 68.1. The van der Waals surface area contributed by atoms with Gasteiger partial charge in [-0.25, -0.2) is 8.42 Å². The van der Waals surface area contributed by atoms with Gasteiger partial charge in [-0.1, -0.05) is 36.4 Å². The molecule has 2 aliphatic rings. The molecule has 1 fully saturated rings. The highest BCUT2D eigenvalue weighted by atomic mass is 32.2. The molecule has 1 unspecified atom stereocenters. The van der Waals surface area contributed by atoms with Crippen molar-refractivity contribution in [3.63, 3.8) is 0 Å². The van der Waals surface area contributed by atoms with E-state index in [2.05, 4.69) is 0 Å². The number of benzene rings is 2. The Hall–Kier alpha value is -1.86. The fourth-order valence-corrected chi connectivity index (χ4v) is 5.88. The van der Waals surface area contributed by atoms with Crippen LogP contribution in [-0.2, 0) is 22.6 Å². The maximum absolute atomic E-state index is 13.4. The van der Waals surface area contributed by atoms with Crippen LogP contribution in [0.4, 0.5) is 13.2 Å². The number of hydrogen-bond acceptors (Lipinski definition) is 2. The molecule has 4 rings (SSSR count). The summed E-state index contributed by atoms with van der Waals surface area (Å²) in [7, 11) is -4.26. The van der Waals surface area contributed by atoms with E-state index in [1.54, 1.807) is 0 Å². The fraction of sp³-hybridized carbons (Fsp3) is 0.368. The molecule has 1 atom stereocenters. The molecular formula is C19H18F3NO2S. The number of fused-ring (bicyclic) bond motifs is 1. The number of hydrogen-bond donors (Lipinski definition) is 0. The predicted octanol–water partition coefficient (Wildman–Crippen LogP) is 4.55. The molecule has 1 saturated carbocycles. The van der Waals surface area contributed by atoms with Crippen molar-refractivity contribution in [2.45, 2.75) is 48.8 Å². The van der Waals surface area contributed by atoms with Crippen molar-refractivity contribution >= 4 is 10.0 Å². The van der Waals surface area contributed by atoms with E-state index in [-0.39, 0.29) is 6.04 Å². The first kappa shape index (κ1) is 17.5. The van der Waals surface area contributed by atoms with Crippen molar-refractivity contribution < 1.29 is 21.6 Å². The average Bonchev–Trinajstić information content (AvgIpc) is 3.34. The number of sulfonamides is 1. The number of aryl methyl sites for hydroxylation is 1. The molecule has 0 N–H and O–H groups in total. The zero-order chi connectivity index (χ0) is 18.5. The summed E-state index contributed by atoms with van der Waals surface area (Å²) in [5.41, 5.74) is 0.881. The van der Waals surface area contributed by atoms with E-state index in [1.165, 1.54) is 16.4 Å². The molecule has 138 valence electrons. The molecule has 0 amide bonds. The van der Waals surface area contributed by atoms with Gasteiger partial charge in [0, 0.05) is 6.04 Å². The average molecular weight is 381 g/mol. The first-order chi connectivity index (χ1) is 12.3. The molecule has 7 heteroatoms. The zero-order valence-corrected chi connectivity index (χ0v) is 14.7. The second-order valence-corrected chi connectivity index (χ2v) is 8.62. The third-order valence-electron chi connectivity index (χ3n) is 5.06. The normalized spacial score (nSPS) is 20.4. The van der Waals surface area contributed by atoms with E-state index >= 15 is 0 Å². The first-order valence-electron chi connectivity index (χ1n) is 8.58. The topological polar surface area (TPSA) is 37.4 Å². The minimum atomic E-state index is -4.72. The van der Waals surface area contributed by atoms with Crippen LogP contribution in [0.5, 0.6) is 0 Å². The third-order valence-corrected chi connectivity index (χ3v) is 7.08. The van der Waals surface area contributed by atoms with Crippen molar-refractivity contribution in [3.8, 4) is 0 Å².